The van der Waals surface area contributed by atoms with E-state index in [9.17, 15) is 9.90 Å². The number of Topliss-reactive ketones (excluding diaryl/α,β-unsaturated/α-hetero) is 1. The van der Waals surface area contributed by atoms with Gasteiger partial charge in [0, 0.05) is 24.1 Å². The fraction of sp³-hybridized carbons (Fsp3) is 0.471. The molecule has 124 valence electrons. The van der Waals surface area contributed by atoms with E-state index in [0.29, 0.717) is 17.9 Å². The highest BCUT2D eigenvalue weighted by Gasteiger charge is 2.17. The molecule has 0 fully saturated rings. The second kappa shape index (κ2) is 6.91. The number of nitrogens with zero attached hydrogens (tertiary/aromatic N) is 2. The zero-order valence-corrected chi connectivity index (χ0v) is 14.0. The van der Waals surface area contributed by atoms with Crippen LogP contribution in [0.5, 0.6) is 5.88 Å². The first-order valence-electron chi connectivity index (χ1n) is 7.64. The number of carbonyl (C=O) groups is 1. The average molecular weight is 317 g/mol. The molecule has 0 unspecified atom stereocenters. The van der Waals surface area contributed by atoms with Crippen molar-refractivity contribution in [1.29, 1.82) is 0 Å². The molecule has 2 rings (SSSR count). The first-order valence-corrected chi connectivity index (χ1v) is 7.64. The summed E-state index contributed by atoms with van der Waals surface area (Å²) in [5, 5.41) is 10.5. The zero-order valence-electron chi connectivity index (χ0n) is 14.0. The van der Waals surface area contributed by atoms with E-state index < -0.39 is 5.60 Å². The third kappa shape index (κ3) is 4.63. The Bertz CT molecular complexity index is 711. The summed E-state index contributed by atoms with van der Waals surface area (Å²) in [4.78, 5) is 23.1. The van der Waals surface area contributed by atoms with Crippen LogP contribution in [0.3, 0.4) is 0 Å². The minimum absolute atomic E-state index is 0.0247. The van der Waals surface area contributed by atoms with E-state index in [1.807, 2.05) is 26.0 Å². The van der Waals surface area contributed by atoms with E-state index in [0.717, 1.165) is 10.9 Å². The molecule has 2 N–H and O–H groups in total. The van der Waals surface area contributed by atoms with Crippen LogP contribution in [0.1, 0.15) is 39.7 Å². The van der Waals surface area contributed by atoms with Crippen LogP contribution in [0.2, 0.25) is 0 Å². The van der Waals surface area contributed by atoms with Crippen LogP contribution >= 0.6 is 0 Å². The molecule has 0 saturated heterocycles. The Hall–Kier alpha value is -2.21. The maximum atomic E-state index is 11.7. The van der Waals surface area contributed by atoms with E-state index in [4.69, 9.17) is 4.74 Å². The van der Waals surface area contributed by atoms with Gasteiger partial charge in [0.15, 0.2) is 0 Å². The van der Waals surface area contributed by atoms with E-state index in [2.05, 4.69) is 15.0 Å². The number of aromatic amines is 1. The molecule has 0 amide bonds. The molecule has 0 aliphatic rings. The number of hydrogen-bond donors (Lipinski definition) is 2. The predicted molar refractivity (Wildman–Crippen MR) is 89.2 cm³/mol. The molecule has 0 radical (unpaired) electrons. The number of allylic oxidation sites excluding steroid dienone is 1. The van der Waals surface area contributed by atoms with E-state index >= 15 is 0 Å². The van der Waals surface area contributed by atoms with Crippen molar-refractivity contribution in [2.75, 3.05) is 6.61 Å². The summed E-state index contributed by atoms with van der Waals surface area (Å²) >= 11 is 0. The topological polar surface area (TPSA) is 88.1 Å². The molecule has 0 atom stereocenters. The Kier molecular flexibility index (Phi) is 5.15. The van der Waals surface area contributed by atoms with Gasteiger partial charge in [-0.15, -0.1) is 0 Å². The zero-order chi connectivity index (χ0) is 17.0. The van der Waals surface area contributed by atoms with Crippen molar-refractivity contribution in [3.8, 4) is 5.88 Å². The van der Waals surface area contributed by atoms with Crippen LogP contribution in [0.25, 0.3) is 17.1 Å². The number of fused-ring (bicyclic) bond motifs is 1. The van der Waals surface area contributed by atoms with Gasteiger partial charge in [-0.1, -0.05) is 26.0 Å². The van der Waals surface area contributed by atoms with Crippen LogP contribution in [0.15, 0.2) is 18.6 Å². The van der Waals surface area contributed by atoms with Gasteiger partial charge in [-0.2, -0.15) is 0 Å². The fourth-order valence-electron chi connectivity index (χ4n) is 1.98. The number of H-pyrrole nitrogens is 1. The lowest BCUT2D eigenvalue weighted by atomic mass is 10.1. The number of aliphatic hydroxyl groups is 1. The molecule has 0 bridgehead atoms. The standard InChI is InChI=1S/C17H23N3O3/c1-11(2)13(21)7-5-6-12-8-18-15-14(12)16(20-10-19-15)23-9-17(3,4)22/h5-6,8,10-11,22H,7,9H2,1-4H3,(H,18,19,20)/b6-5+. The fourth-order valence-corrected chi connectivity index (χ4v) is 1.98. The van der Waals surface area contributed by atoms with Crippen LogP contribution < -0.4 is 4.74 Å². The largest absolute Gasteiger partial charge is 0.474 e. The van der Waals surface area contributed by atoms with Gasteiger partial charge in [0.2, 0.25) is 5.88 Å². The molecule has 6 nitrogen and oxygen atoms in total. The van der Waals surface area contributed by atoms with Crippen molar-refractivity contribution in [3.63, 3.8) is 0 Å². The molecule has 23 heavy (non-hydrogen) atoms. The van der Waals surface area contributed by atoms with Crippen LogP contribution in [0.4, 0.5) is 0 Å². The van der Waals surface area contributed by atoms with Crippen molar-refractivity contribution in [1.82, 2.24) is 15.0 Å². The van der Waals surface area contributed by atoms with Gasteiger partial charge < -0.3 is 14.8 Å². The van der Waals surface area contributed by atoms with Gasteiger partial charge in [0.05, 0.1) is 11.0 Å². The second-order valence-corrected chi connectivity index (χ2v) is 6.48. The highest BCUT2D eigenvalue weighted by atomic mass is 16.5. The van der Waals surface area contributed by atoms with E-state index in [1.165, 1.54) is 6.33 Å². The molecule has 0 aliphatic carbocycles. The second-order valence-electron chi connectivity index (χ2n) is 6.48. The highest BCUT2D eigenvalue weighted by Crippen LogP contribution is 2.26. The quantitative estimate of drug-likeness (QED) is 0.819. The number of carbonyl (C=O) groups excluding carboxylic acids is 1. The van der Waals surface area contributed by atoms with E-state index in [1.54, 1.807) is 20.0 Å². The van der Waals surface area contributed by atoms with Crippen molar-refractivity contribution in [3.05, 3.63) is 24.2 Å². The first-order chi connectivity index (χ1) is 10.8. The number of hydrogen-bond acceptors (Lipinski definition) is 5. The normalized spacial score (nSPS) is 12.4. The van der Waals surface area contributed by atoms with Crippen molar-refractivity contribution < 1.29 is 14.6 Å². The van der Waals surface area contributed by atoms with Crippen LogP contribution in [-0.4, -0.2) is 38.0 Å². The molecule has 0 aromatic carbocycles. The molecule has 0 aliphatic heterocycles. The first kappa shape index (κ1) is 17.1. The molecule has 2 aromatic heterocycles. The minimum atomic E-state index is -0.951. The van der Waals surface area contributed by atoms with Gasteiger partial charge in [0.1, 0.15) is 24.4 Å². The third-order valence-electron chi connectivity index (χ3n) is 3.29. The summed E-state index contributed by atoms with van der Waals surface area (Å²) in [5.41, 5.74) is 0.552. The smallest absolute Gasteiger partial charge is 0.226 e. The summed E-state index contributed by atoms with van der Waals surface area (Å²) in [5.74, 6) is 0.626. The lowest BCUT2D eigenvalue weighted by molar-refractivity contribution is -0.121. The van der Waals surface area contributed by atoms with Gasteiger partial charge in [-0.05, 0) is 13.8 Å². The van der Waals surface area contributed by atoms with Crippen LogP contribution in [-0.2, 0) is 4.79 Å². The molecule has 0 saturated carbocycles. The summed E-state index contributed by atoms with van der Waals surface area (Å²) in [7, 11) is 0. The van der Waals surface area contributed by atoms with Gasteiger partial charge in [0.25, 0.3) is 0 Å². The lowest BCUT2D eigenvalue weighted by Crippen LogP contribution is -2.28. The van der Waals surface area contributed by atoms with Crippen molar-refractivity contribution in [2.24, 2.45) is 5.92 Å². The van der Waals surface area contributed by atoms with Crippen molar-refractivity contribution in [2.45, 2.75) is 39.7 Å². The summed E-state index contributed by atoms with van der Waals surface area (Å²) in [6.07, 6.45) is 7.29. The maximum absolute atomic E-state index is 11.7. The van der Waals surface area contributed by atoms with E-state index in [-0.39, 0.29) is 18.3 Å². The molecule has 0 spiro atoms. The Morgan fingerprint density at radius 3 is 2.83 bits per heavy atom. The number of ether oxygens (including phenoxy) is 1. The molecule has 6 heteroatoms. The molecular weight excluding hydrogens is 294 g/mol. The number of rotatable bonds is 7. The molecule has 2 heterocycles. The maximum Gasteiger partial charge on any atom is 0.226 e. The monoisotopic (exact) mass is 317 g/mol. The lowest BCUT2D eigenvalue weighted by Gasteiger charge is -2.17. The number of nitrogens with one attached hydrogen (secondary N) is 1. The number of ketones is 1. The summed E-state index contributed by atoms with van der Waals surface area (Å²) in [6.45, 7) is 7.23. The predicted octanol–water partition coefficient (Wildman–Crippen LogP) is 2.74. The van der Waals surface area contributed by atoms with Gasteiger partial charge >= 0.3 is 0 Å². The summed E-state index contributed by atoms with van der Waals surface area (Å²) < 4.78 is 5.63. The molecular formula is C17H23N3O3. The SMILES string of the molecule is CC(C)C(=O)C/C=C/c1c[nH]c2ncnc(OCC(C)(C)O)c12. The van der Waals surface area contributed by atoms with Crippen LogP contribution in [0, 0.1) is 5.92 Å². The Balaban J connectivity index is 2.24. The van der Waals surface area contributed by atoms with Gasteiger partial charge in [-0.25, -0.2) is 9.97 Å². The Morgan fingerprint density at radius 2 is 2.17 bits per heavy atom. The Morgan fingerprint density at radius 1 is 1.43 bits per heavy atom. The summed E-state index contributed by atoms with van der Waals surface area (Å²) in [6, 6.07) is 0. The van der Waals surface area contributed by atoms with Gasteiger partial charge in [-0.3, -0.25) is 4.79 Å². The average Bonchev–Trinajstić information content (AvgIpc) is 2.88. The Labute approximate surface area is 135 Å². The third-order valence-corrected chi connectivity index (χ3v) is 3.29. The highest BCUT2D eigenvalue weighted by molar-refractivity contribution is 5.91. The molecule has 2 aromatic rings. The number of aromatic nitrogens is 3. The minimum Gasteiger partial charge on any atom is -0.474 e. The van der Waals surface area contributed by atoms with Crippen molar-refractivity contribution >= 4 is 22.9 Å².